The number of halogens is 1. The van der Waals surface area contributed by atoms with Crippen LogP contribution in [0.3, 0.4) is 0 Å². The molecule has 0 unspecified atom stereocenters. The number of ether oxygens (including phenoxy) is 1. The topological polar surface area (TPSA) is 41.6 Å². The minimum atomic E-state index is 0. The number of nitrogens with zero attached hydrogens (tertiary/aromatic N) is 1. The Labute approximate surface area is 137 Å². The van der Waals surface area contributed by atoms with Crippen LogP contribution in [0.5, 0.6) is 0 Å². The first kappa shape index (κ1) is 15.8. The minimum Gasteiger partial charge on any atom is -0.367 e. The molecule has 0 saturated carbocycles. The highest BCUT2D eigenvalue weighted by molar-refractivity contribution is 5.85. The molecule has 3 heterocycles. The summed E-state index contributed by atoms with van der Waals surface area (Å²) in [6.07, 6.45) is 2.36. The first-order valence-electron chi connectivity index (χ1n) is 7.98. The SMILES string of the molecule is Cl.O=C(COCc1ccccc1)N1[C@@H]2CC[C@H]1[C@H]1CNC[C@H]12. The van der Waals surface area contributed by atoms with Crippen LogP contribution in [0.25, 0.3) is 0 Å². The number of rotatable bonds is 4. The van der Waals surface area contributed by atoms with Gasteiger partial charge in [-0.05, 0) is 30.2 Å². The van der Waals surface area contributed by atoms with Gasteiger partial charge in [0.1, 0.15) is 6.61 Å². The first-order valence-corrected chi connectivity index (χ1v) is 7.98. The number of fused-ring (bicyclic) bond motifs is 5. The van der Waals surface area contributed by atoms with Gasteiger partial charge in [0.2, 0.25) is 5.91 Å². The molecule has 3 aliphatic heterocycles. The molecule has 0 aromatic heterocycles. The maximum atomic E-state index is 12.5. The molecule has 4 nitrogen and oxygen atoms in total. The van der Waals surface area contributed by atoms with Crippen molar-refractivity contribution in [2.24, 2.45) is 11.8 Å². The number of hydrogen-bond acceptors (Lipinski definition) is 3. The van der Waals surface area contributed by atoms with E-state index in [0.29, 0.717) is 30.5 Å². The molecule has 1 amide bonds. The fourth-order valence-electron chi connectivity index (χ4n) is 4.54. The van der Waals surface area contributed by atoms with Gasteiger partial charge in [0, 0.05) is 25.2 Å². The summed E-state index contributed by atoms with van der Waals surface area (Å²) < 4.78 is 5.63. The third kappa shape index (κ3) is 2.64. The smallest absolute Gasteiger partial charge is 0.249 e. The number of nitrogens with one attached hydrogen (secondary N) is 1. The van der Waals surface area contributed by atoms with Gasteiger partial charge in [-0.15, -0.1) is 12.4 Å². The Hall–Kier alpha value is -1.10. The Morgan fingerprint density at radius 2 is 1.77 bits per heavy atom. The van der Waals surface area contributed by atoms with Crippen LogP contribution in [0.1, 0.15) is 18.4 Å². The van der Waals surface area contributed by atoms with E-state index in [-0.39, 0.29) is 24.9 Å². The Morgan fingerprint density at radius 3 is 2.41 bits per heavy atom. The molecule has 1 aromatic rings. The molecule has 0 aliphatic carbocycles. The molecular formula is C17H23ClN2O2. The fraction of sp³-hybridized carbons (Fsp3) is 0.588. The Kier molecular flexibility index (Phi) is 4.71. The predicted octanol–water partition coefficient (Wildman–Crippen LogP) is 1.83. The van der Waals surface area contributed by atoms with Gasteiger partial charge < -0.3 is 15.0 Å². The van der Waals surface area contributed by atoms with Crippen molar-refractivity contribution in [2.75, 3.05) is 19.7 Å². The molecule has 3 aliphatic rings. The lowest BCUT2D eigenvalue weighted by molar-refractivity contribution is -0.138. The summed E-state index contributed by atoms with van der Waals surface area (Å²) in [4.78, 5) is 14.7. The maximum Gasteiger partial charge on any atom is 0.249 e. The second kappa shape index (κ2) is 6.57. The molecule has 3 saturated heterocycles. The molecule has 0 radical (unpaired) electrons. The summed E-state index contributed by atoms with van der Waals surface area (Å²) in [5.41, 5.74) is 1.12. The summed E-state index contributed by atoms with van der Waals surface area (Å²) in [6.45, 7) is 2.90. The summed E-state index contributed by atoms with van der Waals surface area (Å²) in [5.74, 6) is 1.55. The van der Waals surface area contributed by atoms with Gasteiger partial charge in [0.25, 0.3) is 0 Å². The molecule has 22 heavy (non-hydrogen) atoms. The van der Waals surface area contributed by atoms with E-state index in [4.69, 9.17) is 4.74 Å². The molecular weight excluding hydrogens is 300 g/mol. The third-order valence-electron chi connectivity index (χ3n) is 5.40. The van der Waals surface area contributed by atoms with E-state index in [2.05, 4.69) is 10.2 Å². The normalized spacial score (nSPS) is 31.9. The van der Waals surface area contributed by atoms with Crippen LogP contribution in [0, 0.1) is 11.8 Å². The van der Waals surface area contributed by atoms with Crippen LogP contribution in [0.4, 0.5) is 0 Å². The van der Waals surface area contributed by atoms with E-state index < -0.39 is 0 Å². The molecule has 120 valence electrons. The summed E-state index contributed by atoms with van der Waals surface area (Å²) >= 11 is 0. The standard InChI is InChI=1S/C17H22N2O2.ClH/c20-17(11-21-10-12-4-2-1-3-5-12)19-15-6-7-16(19)14-9-18-8-13(14)15;/h1-5,13-16,18H,6-11H2;1H/t13-,14+,15-,16+;. The summed E-state index contributed by atoms with van der Waals surface area (Å²) in [7, 11) is 0. The van der Waals surface area contributed by atoms with Crippen LogP contribution in [-0.2, 0) is 16.1 Å². The number of amides is 1. The molecule has 0 spiro atoms. The van der Waals surface area contributed by atoms with E-state index in [9.17, 15) is 4.79 Å². The van der Waals surface area contributed by atoms with Crippen molar-refractivity contribution in [3.8, 4) is 0 Å². The average molecular weight is 323 g/mol. The van der Waals surface area contributed by atoms with Crippen LogP contribution in [0.2, 0.25) is 0 Å². The van der Waals surface area contributed by atoms with Gasteiger partial charge in [-0.3, -0.25) is 4.79 Å². The summed E-state index contributed by atoms with van der Waals surface area (Å²) in [5, 5.41) is 3.48. The van der Waals surface area contributed by atoms with Crippen molar-refractivity contribution in [1.82, 2.24) is 10.2 Å². The zero-order valence-corrected chi connectivity index (χ0v) is 13.4. The lowest BCUT2D eigenvalue weighted by Gasteiger charge is -2.24. The third-order valence-corrected chi connectivity index (χ3v) is 5.40. The number of carbonyl (C=O) groups is 1. The average Bonchev–Trinajstić information content (AvgIpc) is 3.20. The molecule has 3 fully saturated rings. The Morgan fingerprint density at radius 1 is 1.14 bits per heavy atom. The second-order valence-electron chi connectivity index (χ2n) is 6.48. The maximum absolute atomic E-state index is 12.5. The van der Waals surface area contributed by atoms with Crippen molar-refractivity contribution in [2.45, 2.75) is 31.5 Å². The summed E-state index contributed by atoms with van der Waals surface area (Å²) in [6, 6.07) is 11.0. The molecule has 4 rings (SSSR count). The van der Waals surface area contributed by atoms with Crippen LogP contribution < -0.4 is 5.32 Å². The zero-order valence-electron chi connectivity index (χ0n) is 12.6. The van der Waals surface area contributed by atoms with Gasteiger partial charge in [0.15, 0.2) is 0 Å². The van der Waals surface area contributed by atoms with Crippen molar-refractivity contribution < 1.29 is 9.53 Å². The van der Waals surface area contributed by atoms with Gasteiger partial charge in [-0.1, -0.05) is 30.3 Å². The van der Waals surface area contributed by atoms with E-state index in [1.54, 1.807) is 0 Å². The highest BCUT2D eigenvalue weighted by atomic mass is 35.5. The van der Waals surface area contributed by atoms with Crippen LogP contribution >= 0.6 is 12.4 Å². The number of benzene rings is 1. The highest BCUT2D eigenvalue weighted by Crippen LogP contribution is 2.47. The number of carbonyl (C=O) groups excluding carboxylic acids is 1. The Bertz CT molecular complexity index is 507. The quantitative estimate of drug-likeness (QED) is 0.919. The van der Waals surface area contributed by atoms with Crippen LogP contribution in [0.15, 0.2) is 30.3 Å². The van der Waals surface area contributed by atoms with Gasteiger partial charge in [-0.25, -0.2) is 0 Å². The van der Waals surface area contributed by atoms with E-state index in [0.717, 1.165) is 18.7 Å². The van der Waals surface area contributed by atoms with E-state index in [1.807, 2.05) is 30.3 Å². The van der Waals surface area contributed by atoms with Crippen molar-refractivity contribution >= 4 is 18.3 Å². The zero-order chi connectivity index (χ0) is 14.2. The molecule has 5 heteroatoms. The van der Waals surface area contributed by atoms with Gasteiger partial charge >= 0.3 is 0 Å². The Balaban J connectivity index is 0.00000144. The number of hydrogen-bond donors (Lipinski definition) is 1. The molecule has 2 bridgehead atoms. The molecule has 1 aromatic carbocycles. The van der Waals surface area contributed by atoms with E-state index >= 15 is 0 Å². The minimum absolute atomic E-state index is 0. The van der Waals surface area contributed by atoms with Gasteiger partial charge in [-0.2, -0.15) is 0 Å². The second-order valence-corrected chi connectivity index (χ2v) is 6.48. The molecule has 4 atom stereocenters. The predicted molar refractivity (Wildman–Crippen MR) is 86.9 cm³/mol. The molecule has 1 N–H and O–H groups in total. The first-order chi connectivity index (χ1) is 10.3. The highest BCUT2D eigenvalue weighted by Gasteiger charge is 2.55. The van der Waals surface area contributed by atoms with Crippen molar-refractivity contribution in [3.63, 3.8) is 0 Å². The lowest BCUT2D eigenvalue weighted by atomic mass is 9.82. The monoisotopic (exact) mass is 322 g/mol. The largest absolute Gasteiger partial charge is 0.367 e. The fourth-order valence-corrected chi connectivity index (χ4v) is 4.54. The van der Waals surface area contributed by atoms with Crippen molar-refractivity contribution in [3.05, 3.63) is 35.9 Å². The van der Waals surface area contributed by atoms with E-state index in [1.165, 1.54) is 12.8 Å². The lowest BCUT2D eigenvalue weighted by Crippen LogP contribution is -2.41. The van der Waals surface area contributed by atoms with Gasteiger partial charge in [0.05, 0.1) is 6.61 Å². The van der Waals surface area contributed by atoms with Crippen LogP contribution in [-0.4, -0.2) is 42.6 Å². The van der Waals surface area contributed by atoms with Crippen molar-refractivity contribution in [1.29, 1.82) is 0 Å².